The van der Waals surface area contributed by atoms with Crippen molar-refractivity contribution in [3.8, 4) is 0 Å². The highest BCUT2D eigenvalue weighted by Gasteiger charge is 2.36. The van der Waals surface area contributed by atoms with E-state index in [0.29, 0.717) is 19.5 Å². The van der Waals surface area contributed by atoms with Crippen LogP contribution in [-0.4, -0.2) is 77.2 Å². The second-order valence-electron chi connectivity index (χ2n) is 8.26. The number of carbonyl (C=O) groups is 3. The van der Waals surface area contributed by atoms with Gasteiger partial charge in [0.25, 0.3) is 0 Å². The topological polar surface area (TPSA) is 73.0 Å². The van der Waals surface area contributed by atoms with E-state index in [1.165, 1.54) is 6.92 Å². The molecule has 0 radical (unpaired) electrons. The van der Waals surface area contributed by atoms with E-state index in [-0.39, 0.29) is 29.8 Å². The average molecular weight is 401 g/mol. The van der Waals surface area contributed by atoms with Crippen molar-refractivity contribution in [2.75, 3.05) is 38.0 Å². The first-order chi connectivity index (χ1) is 13.8. The first-order valence-electron chi connectivity index (χ1n) is 10.5. The van der Waals surface area contributed by atoms with Gasteiger partial charge in [0.2, 0.25) is 17.7 Å². The highest BCUT2D eigenvalue weighted by atomic mass is 16.2. The number of piperazine rings is 1. The van der Waals surface area contributed by atoms with Crippen LogP contribution in [0, 0.1) is 0 Å². The van der Waals surface area contributed by atoms with E-state index >= 15 is 0 Å². The van der Waals surface area contributed by atoms with Crippen LogP contribution in [0.1, 0.15) is 39.2 Å². The fraction of sp³-hybridized carbons (Fsp3) is 0.591. The van der Waals surface area contributed by atoms with Gasteiger partial charge in [-0.1, -0.05) is 12.1 Å². The zero-order valence-electron chi connectivity index (χ0n) is 17.7. The van der Waals surface area contributed by atoms with Crippen LogP contribution in [0.15, 0.2) is 24.3 Å². The molecule has 0 aromatic heterocycles. The summed E-state index contributed by atoms with van der Waals surface area (Å²) in [5, 5.41) is 2.73. The molecule has 3 amide bonds. The monoisotopic (exact) mass is 400 g/mol. The number of hydrogen-bond acceptors (Lipinski definition) is 4. The smallest absolute Gasteiger partial charge is 0.240 e. The summed E-state index contributed by atoms with van der Waals surface area (Å²) in [6.07, 6.45) is 2.31. The van der Waals surface area contributed by atoms with Crippen LogP contribution in [0.5, 0.6) is 0 Å². The minimum atomic E-state index is -0.111. The summed E-state index contributed by atoms with van der Waals surface area (Å²) in [4.78, 5) is 42.7. The van der Waals surface area contributed by atoms with Gasteiger partial charge in [-0.25, -0.2) is 0 Å². The lowest BCUT2D eigenvalue weighted by molar-refractivity contribution is -0.143. The summed E-state index contributed by atoms with van der Waals surface area (Å²) < 4.78 is 0. The molecule has 2 heterocycles. The number of nitrogens with one attached hydrogen (secondary N) is 1. The summed E-state index contributed by atoms with van der Waals surface area (Å²) >= 11 is 0. The van der Waals surface area contributed by atoms with Crippen molar-refractivity contribution < 1.29 is 14.4 Å². The second kappa shape index (κ2) is 9.39. The third-order valence-electron chi connectivity index (χ3n) is 5.81. The second-order valence-corrected chi connectivity index (χ2v) is 8.26. The lowest BCUT2D eigenvalue weighted by atomic mass is 10.0. The van der Waals surface area contributed by atoms with E-state index in [9.17, 15) is 14.4 Å². The van der Waals surface area contributed by atoms with Gasteiger partial charge in [0, 0.05) is 51.4 Å². The van der Waals surface area contributed by atoms with Crippen LogP contribution in [0.4, 0.5) is 5.69 Å². The van der Waals surface area contributed by atoms with E-state index < -0.39 is 0 Å². The molecule has 7 heteroatoms. The highest BCUT2D eigenvalue weighted by molar-refractivity contribution is 5.88. The number of rotatable bonds is 5. The third-order valence-corrected chi connectivity index (χ3v) is 5.81. The summed E-state index contributed by atoms with van der Waals surface area (Å²) in [5.74, 6) is 0.237. The Labute approximate surface area is 173 Å². The van der Waals surface area contributed by atoms with Gasteiger partial charge in [0.05, 0.1) is 12.5 Å². The zero-order chi connectivity index (χ0) is 21.0. The van der Waals surface area contributed by atoms with Crippen molar-refractivity contribution in [1.82, 2.24) is 14.7 Å². The average Bonchev–Trinajstić information content (AvgIpc) is 2.69. The molecule has 2 aliphatic rings. The summed E-state index contributed by atoms with van der Waals surface area (Å²) in [7, 11) is 0. The van der Waals surface area contributed by atoms with E-state index in [1.807, 2.05) is 34.1 Å². The number of carbonyl (C=O) groups excluding carboxylic acids is 3. The van der Waals surface area contributed by atoms with Gasteiger partial charge in [-0.2, -0.15) is 0 Å². The Morgan fingerprint density at radius 3 is 2.31 bits per heavy atom. The number of benzene rings is 1. The molecular formula is C22H32N4O3. The minimum Gasteiger partial charge on any atom is -0.340 e. The van der Waals surface area contributed by atoms with E-state index in [0.717, 1.165) is 43.7 Å². The maximum Gasteiger partial charge on any atom is 0.240 e. The van der Waals surface area contributed by atoms with Crippen molar-refractivity contribution >= 4 is 23.4 Å². The molecular weight excluding hydrogens is 368 g/mol. The molecule has 0 spiro atoms. The fourth-order valence-corrected chi connectivity index (χ4v) is 4.21. The predicted molar refractivity (Wildman–Crippen MR) is 112 cm³/mol. The van der Waals surface area contributed by atoms with Crippen LogP contribution < -0.4 is 5.32 Å². The predicted octanol–water partition coefficient (Wildman–Crippen LogP) is 1.73. The lowest BCUT2D eigenvalue weighted by Gasteiger charge is -2.43. The van der Waals surface area contributed by atoms with Gasteiger partial charge >= 0.3 is 0 Å². The van der Waals surface area contributed by atoms with Crippen LogP contribution in [-0.2, 0) is 20.8 Å². The van der Waals surface area contributed by atoms with Crippen LogP contribution >= 0.6 is 0 Å². The number of amides is 3. The number of likely N-dealkylation sites (tertiary alicyclic amines) is 1. The number of anilines is 1. The molecule has 2 fully saturated rings. The Bertz CT molecular complexity index is 739. The molecule has 1 aromatic rings. The van der Waals surface area contributed by atoms with E-state index in [1.54, 1.807) is 0 Å². The van der Waals surface area contributed by atoms with Crippen molar-refractivity contribution in [2.24, 2.45) is 0 Å². The summed E-state index contributed by atoms with van der Waals surface area (Å²) in [5.41, 5.74) is 1.66. The van der Waals surface area contributed by atoms with Crippen LogP contribution in [0.25, 0.3) is 0 Å². The van der Waals surface area contributed by atoms with Gasteiger partial charge in [-0.05, 0) is 44.4 Å². The first kappa shape index (κ1) is 21.3. The first-order valence-corrected chi connectivity index (χ1v) is 10.5. The molecule has 0 aliphatic carbocycles. The van der Waals surface area contributed by atoms with Crippen molar-refractivity contribution in [2.45, 2.75) is 52.1 Å². The molecule has 1 aromatic carbocycles. The molecule has 1 N–H and O–H groups in total. The van der Waals surface area contributed by atoms with Crippen molar-refractivity contribution in [3.05, 3.63) is 29.8 Å². The third kappa shape index (κ3) is 5.35. The van der Waals surface area contributed by atoms with E-state index in [2.05, 4.69) is 24.1 Å². The molecule has 29 heavy (non-hydrogen) atoms. The summed E-state index contributed by atoms with van der Waals surface area (Å²) in [6.45, 7) is 9.28. The minimum absolute atomic E-state index is 0.0373. The Morgan fingerprint density at radius 2 is 1.72 bits per heavy atom. The Kier molecular flexibility index (Phi) is 6.90. The molecule has 158 valence electrons. The van der Waals surface area contributed by atoms with E-state index in [4.69, 9.17) is 0 Å². The highest BCUT2D eigenvalue weighted by Crippen LogP contribution is 2.21. The zero-order valence-corrected chi connectivity index (χ0v) is 17.7. The van der Waals surface area contributed by atoms with Gasteiger partial charge in [-0.3, -0.25) is 19.3 Å². The molecule has 7 nitrogen and oxygen atoms in total. The molecule has 0 bridgehead atoms. The SMILES string of the molecule is CC(=O)Nc1ccc(CC(=O)N2CCN([C@@H]3CCCN(C(C)C)C3=O)CC2)cc1. The number of hydrogen-bond donors (Lipinski definition) is 1. The Balaban J connectivity index is 1.50. The van der Waals surface area contributed by atoms with Crippen molar-refractivity contribution in [3.63, 3.8) is 0 Å². The largest absolute Gasteiger partial charge is 0.340 e. The van der Waals surface area contributed by atoms with Gasteiger partial charge < -0.3 is 15.1 Å². The lowest BCUT2D eigenvalue weighted by Crippen LogP contribution is -2.59. The molecule has 2 aliphatic heterocycles. The normalized spacial score (nSPS) is 20.8. The Morgan fingerprint density at radius 1 is 1.07 bits per heavy atom. The molecule has 3 rings (SSSR count). The molecule has 0 unspecified atom stereocenters. The van der Waals surface area contributed by atoms with Gasteiger partial charge in [-0.15, -0.1) is 0 Å². The van der Waals surface area contributed by atoms with Crippen molar-refractivity contribution in [1.29, 1.82) is 0 Å². The van der Waals surface area contributed by atoms with Gasteiger partial charge in [0.15, 0.2) is 0 Å². The number of nitrogens with zero attached hydrogens (tertiary/aromatic N) is 3. The van der Waals surface area contributed by atoms with Crippen LogP contribution in [0.3, 0.4) is 0 Å². The van der Waals surface area contributed by atoms with Gasteiger partial charge in [0.1, 0.15) is 0 Å². The maximum absolute atomic E-state index is 12.8. The Hall–Kier alpha value is -2.41. The standard InChI is InChI=1S/C22H32N4O3/c1-16(2)26-10-4-5-20(22(26)29)24-11-13-25(14-12-24)21(28)15-18-6-8-19(9-7-18)23-17(3)27/h6-9,16,20H,4-5,10-15H2,1-3H3,(H,23,27)/t20-/m1/s1. The van der Waals surface area contributed by atoms with Crippen LogP contribution in [0.2, 0.25) is 0 Å². The molecule has 2 saturated heterocycles. The maximum atomic E-state index is 12.8. The number of piperidine rings is 1. The molecule has 1 atom stereocenters. The fourth-order valence-electron chi connectivity index (χ4n) is 4.21. The quantitative estimate of drug-likeness (QED) is 0.817. The summed E-state index contributed by atoms with van der Waals surface area (Å²) in [6, 6.07) is 7.59. The molecule has 0 saturated carbocycles.